The molecule has 0 saturated carbocycles. The van der Waals surface area contributed by atoms with E-state index in [4.69, 9.17) is 5.73 Å². The fourth-order valence-corrected chi connectivity index (χ4v) is 2.09. The Kier molecular flexibility index (Phi) is 7.90. The van der Waals surface area contributed by atoms with E-state index in [-0.39, 0.29) is 0 Å². The topological polar surface area (TPSA) is 102 Å². The second-order valence-corrected chi connectivity index (χ2v) is 5.62. The molecule has 3 aromatic heterocycles. The van der Waals surface area contributed by atoms with E-state index in [1.54, 1.807) is 43.8 Å². The summed E-state index contributed by atoms with van der Waals surface area (Å²) in [5, 5.41) is 3.05. The first-order valence-electron chi connectivity index (χ1n) is 8.35. The van der Waals surface area contributed by atoms with Gasteiger partial charge in [0.2, 0.25) is 0 Å². The average molecular weight is 391 g/mol. The van der Waals surface area contributed by atoms with E-state index in [1.165, 1.54) is 0 Å². The quantitative estimate of drug-likeness (QED) is 0.689. The van der Waals surface area contributed by atoms with E-state index in [1.807, 2.05) is 0 Å². The Labute approximate surface area is 160 Å². The highest BCUT2D eigenvalue weighted by atomic mass is 19.4. The summed E-state index contributed by atoms with van der Waals surface area (Å²) in [6, 6.07) is 4.58. The Balaban J connectivity index is 0.000000292. The molecule has 7 nitrogen and oxygen atoms in total. The largest absolute Gasteiger partial charge is 0.417 e. The van der Waals surface area contributed by atoms with Gasteiger partial charge in [-0.15, -0.1) is 0 Å². The number of nitrogens with zero attached hydrogens (tertiary/aromatic N) is 5. The molecule has 0 atom stereocenters. The summed E-state index contributed by atoms with van der Waals surface area (Å²) in [5.74, 6) is 1.31. The molecule has 0 aliphatic rings. The van der Waals surface area contributed by atoms with Crippen LogP contribution in [-0.2, 0) is 25.8 Å². The summed E-state index contributed by atoms with van der Waals surface area (Å²) in [6.07, 6.45) is 3.10. The normalized spacial score (nSPS) is 10.9. The van der Waals surface area contributed by atoms with Crippen molar-refractivity contribution < 1.29 is 13.2 Å². The van der Waals surface area contributed by atoms with Gasteiger partial charge in [0.25, 0.3) is 0 Å². The number of aryl methyl sites for hydroxylation is 1. The standard InChI is InChI=1S/C13H13F3N4.C5H7N3/c1-9-5-10(13(14,15)16)6-20-11(9)7-17-8-12-18-3-2-4-19-12;6-4-5-7-2-1-3-8-5/h2-6,17H,7-8H2,1H3;1-3H,4,6H2. The third-order valence-corrected chi connectivity index (χ3v) is 3.51. The first kappa shape index (κ1) is 21.3. The SMILES string of the molecule is Cc1cc(C(F)(F)F)cnc1CNCc1ncccn1.NCc1ncccn1. The summed E-state index contributed by atoms with van der Waals surface area (Å²) in [5.41, 5.74) is 5.57. The van der Waals surface area contributed by atoms with Crippen molar-refractivity contribution in [2.75, 3.05) is 0 Å². The van der Waals surface area contributed by atoms with Crippen molar-refractivity contribution in [3.8, 4) is 0 Å². The van der Waals surface area contributed by atoms with E-state index in [0.29, 0.717) is 42.5 Å². The van der Waals surface area contributed by atoms with Gasteiger partial charge in [-0.2, -0.15) is 13.2 Å². The average Bonchev–Trinajstić information content (AvgIpc) is 2.70. The van der Waals surface area contributed by atoms with Crippen LogP contribution in [0, 0.1) is 6.92 Å². The van der Waals surface area contributed by atoms with Crippen LogP contribution in [0.4, 0.5) is 13.2 Å². The molecule has 0 bridgehead atoms. The number of alkyl halides is 3. The molecule has 0 unspecified atom stereocenters. The Morgan fingerprint density at radius 3 is 1.93 bits per heavy atom. The molecule has 0 aliphatic heterocycles. The minimum absolute atomic E-state index is 0.363. The molecule has 0 fully saturated rings. The number of hydrogen-bond donors (Lipinski definition) is 2. The summed E-state index contributed by atoms with van der Waals surface area (Å²) in [4.78, 5) is 19.6. The third-order valence-electron chi connectivity index (χ3n) is 3.51. The number of halogens is 3. The van der Waals surface area contributed by atoms with E-state index >= 15 is 0 Å². The molecular weight excluding hydrogens is 371 g/mol. The van der Waals surface area contributed by atoms with Gasteiger partial charge >= 0.3 is 6.18 Å². The maximum absolute atomic E-state index is 12.5. The van der Waals surface area contributed by atoms with Crippen LogP contribution in [-0.4, -0.2) is 24.9 Å². The molecule has 0 saturated heterocycles. The molecule has 0 spiro atoms. The van der Waals surface area contributed by atoms with Crippen LogP contribution in [0.2, 0.25) is 0 Å². The smallest absolute Gasteiger partial charge is 0.324 e. The summed E-state index contributed by atoms with van der Waals surface area (Å²) >= 11 is 0. The summed E-state index contributed by atoms with van der Waals surface area (Å²) < 4.78 is 37.5. The molecule has 0 aliphatic carbocycles. The monoisotopic (exact) mass is 391 g/mol. The third kappa shape index (κ3) is 6.97. The highest BCUT2D eigenvalue weighted by Gasteiger charge is 2.31. The number of nitrogens with two attached hydrogens (primary N) is 1. The predicted molar refractivity (Wildman–Crippen MR) is 96.5 cm³/mol. The van der Waals surface area contributed by atoms with Gasteiger partial charge in [-0.1, -0.05) is 0 Å². The molecule has 0 amide bonds. The van der Waals surface area contributed by atoms with Gasteiger partial charge in [0.1, 0.15) is 11.6 Å². The van der Waals surface area contributed by atoms with Crippen LogP contribution in [0.15, 0.2) is 49.2 Å². The Morgan fingerprint density at radius 1 is 0.893 bits per heavy atom. The molecule has 3 rings (SSSR count). The van der Waals surface area contributed by atoms with Gasteiger partial charge in [-0.3, -0.25) is 4.98 Å². The van der Waals surface area contributed by atoms with E-state index in [9.17, 15) is 13.2 Å². The minimum Gasteiger partial charge on any atom is -0.324 e. The molecule has 0 radical (unpaired) electrons. The number of aromatic nitrogens is 5. The Bertz CT molecular complexity index is 843. The van der Waals surface area contributed by atoms with Gasteiger partial charge in [0.15, 0.2) is 0 Å². The second kappa shape index (κ2) is 10.4. The van der Waals surface area contributed by atoms with Gasteiger partial charge < -0.3 is 11.1 Å². The number of hydrogen-bond acceptors (Lipinski definition) is 7. The molecule has 3 N–H and O–H groups in total. The zero-order chi connectivity index (χ0) is 20.4. The van der Waals surface area contributed by atoms with Gasteiger partial charge in [0, 0.05) is 37.5 Å². The fourth-order valence-electron chi connectivity index (χ4n) is 2.09. The molecule has 3 aromatic rings. The Hall–Kier alpha value is -2.98. The van der Waals surface area contributed by atoms with Crippen molar-refractivity contribution in [3.05, 3.63) is 77.7 Å². The van der Waals surface area contributed by atoms with Crippen LogP contribution in [0.1, 0.15) is 28.5 Å². The number of pyridine rings is 1. The first-order valence-corrected chi connectivity index (χ1v) is 8.35. The van der Waals surface area contributed by atoms with Crippen LogP contribution < -0.4 is 11.1 Å². The lowest BCUT2D eigenvalue weighted by Crippen LogP contribution is -2.17. The van der Waals surface area contributed by atoms with Gasteiger partial charge in [-0.05, 0) is 30.7 Å². The fraction of sp³-hybridized carbons (Fsp3) is 0.278. The van der Waals surface area contributed by atoms with Crippen molar-refractivity contribution in [2.45, 2.75) is 32.7 Å². The highest BCUT2D eigenvalue weighted by Crippen LogP contribution is 2.29. The number of nitrogens with one attached hydrogen (secondary N) is 1. The molecule has 28 heavy (non-hydrogen) atoms. The lowest BCUT2D eigenvalue weighted by atomic mass is 10.1. The zero-order valence-corrected chi connectivity index (χ0v) is 15.2. The molecule has 148 valence electrons. The van der Waals surface area contributed by atoms with E-state index in [2.05, 4.69) is 30.2 Å². The highest BCUT2D eigenvalue weighted by molar-refractivity contribution is 5.25. The van der Waals surface area contributed by atoms with Crippen molar-refractivity contribution >= 4 is 0 Å². The predicted octanol–water partition coefficient (Wildman–Crippen LogP) is 2.42. The molecular formula is C18H20F3N7. The van der Waals surface area contributed by atoms with Crippen LogP contribution >= 0.6 is 0 Å². The van der Waals surface area contributed by atoms with Gasteiger partial charge in [0.05, 0.1) is 24.3 Å². The molecule has 3 heterocycles. The van der Waals surface area contributed by atoms with Crippen LogP contribution in [0.25, 0.3) is 0 Å². The van der Waals surface area contributed by atoms with Crippen molar-refractivity contribution in [3.63, 3.8) is 0 Å². The second-order valence-electron chi connectivity index (χ2n) is 5.62. The summed E-state index contributed by atoms with van der Waals surface area (Å²) in [7, 11) is 0. The van der Waals surface area contributed by atoms with Gasteiger partial charge in [-0.25, -0.2) is 19.9 Å². The van der Waals surface area contributed by atoms with Crippen LogP contribution in [0.3, 0.4) is 0 Å². The molecule has 10 heteroatoms. The zero-order valence-electron chi connectivity index (χ0n) is 15.2. The lowest BCUT2D eigenvalue weighted by Gasteiger charge is -2.10. The van der Waals surface area contributed by atoms with Crippen LogP contribution in [0.5, 0.6) is 0 Å². The maximum Gasteiger partial charge on any atom is 0.417 e. The van der Waals surface area contributed by atoms with Crippen molar-refractivity contribution in [1.29, 1.82) is 0 Å². The number of rotatable bonds is 5. The van der Waals surface area contributed by atoms with E-state index in [0.717, 1.165) is 12.3 Å². The maximum atomic E-state index is 12.5. The van der Waals surface area contributed by atoms with Crippen molar-refractivity contribution in [2.24, 2.45) is 5.73 Å². The molecule has 0 aromatic carbocycles. The van der Waals surface area contributed by atoms with E-state index < -0.39 is 11.7 Å². The Morgan fingerprint density at radius 2 is 1.46 bits per heavy atom. The summed E-state index contributed by atoms with van der Waals surface area (Å²) in [6.45, 7) is 2.82. The first-order chi connectivity index (χ1) is 13.4. The van der Waals surface area contributed by atoms with Crippen molar-refractivity contribution in [1.82, 2.24) is 30.2 Å². The minimum atomic E-state index is -4.36. The lowest BCUT2D eigenvalue weighted by molar-refractivity contribution is -0.137.